The molecule has 1 aliphatic heterocycles. The predicted octanol–water partition coefficient (Wildman–Crippen LogP) is 1.78. The Kier molecular flexibility index (Phi) is 5.58. The van der Waals surface area contributed by atoms with Crippen molar-refractivity contribution in [2.45, 2.75) is 31.0 Å². The van der Waals surface area contributed by atoms with Gasteiger partial charge in [0.2, 0.25) is 5.91 Å². The molecule has 1 amide bonds. The zero-order valence-electron chi connectivity index (χ0n) is 14.6. The quantitative estimate of drug-likeness (QED) is 0.772. The van der Waals surface area contributed by atoms with Crippen molar-refractivity contribution in [1.29, 1.82) is 0 Å². The standard InChI is InChI=1S/C19H22N2O4S/c1-26(23,24)18-6-4-17(5-7-18)25-9-8-19(22)21-11-14-2-3-15-12-20-13-16(15)10-14/h2-7,10,20H,8-9,11-13H2,1H3,(H,21,22). The Morgan fingerprint density at radius 2 is 1.85 bits per heavy atom. The van der Waals surface area contributed by atoms with Gasteiger partial charge in [0.15, 0.2) is 9.84 Å². The van der Waals surface area contributed by atoms with Crippen LogP contribution < -0.4 is 15.4 Å². The molecule has 0 bridgehead atoms. The van der Waals surface area contributed by atoms with Gasteiger partial charge in [0.1, 0.15) is 5.75 Å². The Morgan fingerprint density at radius 3 is 2.58 bits per heavy atom. The Labute approximate surface area is 153 Å². The van der Waals surface area contributed by atoms with Crippen LogP contribution in [0.25, 0.3) is 0 Å². The first kappa shape index (κ1) is 18.4. The van der Waals surface area contributed by atoms with Gasteiger partial charge in [0.05, 0.1) is 17.9 Å². The van der Waals surface area contributed by atoms with Crippen LogP contribution in [0.5, 0.6) is 5.75 Å². The summed E-state index contributed by atoms with van der Waals surface area (Å²) in [5.74, 6) is 0.452. The number of amides is 1. The molecule has 0 aromatic heterocycles. The van der Waals surface area contributed by atoms with Crippen LogP contribution in [0, 0.1) is 0 Å². The maximum Gasteiger partial charge on any atom is 0.223 e. The summed E-state index contributed by atoms with van der Waals surface area (Å²) in [6.07, 6.45) is 1.39. The predicted molar refractivity (Wildman–Crippen MR) is 98.5 cm³/mol. The summed E-state index contributed by atoms with van der Waals surface area (Å²) in [6.45, 7) is 2.51. The molecule has 0 fully saturated rings. The smallest absolute Gasteiger partial charge is 0.223 e. The van der Waals surface area contributed by atoms with Crippen LogP contribution in [-0.4, -0.2) is 27.2 Å². The van der Waals surface area contributed by atoms with E-state index in [0.29, 0.717) is 12.3 Å². The van der Waals surface area contributed by atoms with Gasteiger partial charge in [-0.1, -0.05) is 18.2 Å². The summed E-state index contributed by atoms with van der Waals surface area (Å²) < 4.78 is 28.3. The fraction of sp³-hybridized carbons (Fsp3) is 0.316. The molecule has 2 N–H and O–H groups in total. The second-order valence-electron chi connectivity index (χ2n) is 6.33. The lowest BCUT2D eigenvalue weighted by atomic mass is 10.1. The number of nitrogens with one attached hydrogen (secondary N) is 2. The summed E-state index contributed by atoms with van der Waals surface area (Å²) in [5.41, 5.74) is 3.69. The average Bonchev–Trinajstić information content (AvgIpc) is 3.07. The van der Waals surface area contributed by atoms with E-state index in [9.17, 15) is 13.2 Å². The Balaban J connectivity index is 1.41. The Bertz CT molecular complexity index is 892. The molecule has 26 heavy (non-hydrogen) atoms. The first-order valence-electron chi connectivity index (χ1n) is 8.43. The maximum atomic E-state index is 11.9. The summed E-state index contributed by atoms with van der Waals surface area (Å²) in [4.78, 5) is 12.2. The highest BCUT2D eigenvalue weighted by Gasteiger charge is 2.10. The molecule has 0 aliphatic carbocycles. The van der Waals surface area contributed by atoms with E-state index >= 15 is 0 Å². The number of fused-ring (bicyclic) bond motifs is 1. The third kappa shape index (κ3) is 4.83. The number of carbonyl (C=O) groups is 1. The summed E-state index contributed by atoms with van der Waals surface area (Å²) in [6, 6.07) is 12.4. The number of hydrogen-bond donors (Lipinski definition) is 2. The van der Waals surface area contributed by atoms with Gasteiger partial charge >= 0.3 is 0 Å². The lowest BCUT2D eigenvalue weighted by molar-refractivity contribution is -0.121. The molecule has 0 atom stereocenters. The molecule has 0 spiro atoms. The molecule has 0 unspecified atom stereocenters. The molecule has 1 heterocycles. The van der Waals surface area contributed by atoms with Crippen LogP contribution >= 0.6 is 0 Å². The lowest BCUT2D eigenvalue weighted by Gasteiger charge is -2.09. The third-order valence-corrected chi connectivity index (χ3v) is 5.37. The molecule has 2 aromatic carbocycles. The zero-order valence-corrected chi connectivity index (χ0v) is 15.4. The minimum atomic E-state index is -3.21. The van der Waals surface area contributed by atoms with E-state index in [0.717, 1.165) is 24.9 Å². The number of sulfone groups is 1. The van der Waals surface area contributed by atoms with Crippen molar-refractivity contribution in [2.24, 2.45) is 0 Å². The largest absolute Gasteiger partial charge is 0.493 e. The topological polar surface area (TPSA) is 84.5 Å². The number of benzene rings is 2. The SMILES string of the molecule is CS(=O)(=O)c1ccc(OCCC(=O)NCc2ccc3c(c2)CNC3)cc1. The van der Waals surface area contributed by atoms with Gasteiger partial charge in [0.25, 0.3) is 0 Å². The second-order valence-corrected chi connectivity index (χ2v) is 8.34. The van der Waals surface area contributed by atoms with E-state index in [-0.39, 0.29) is 23.8 Å². The molecular weight excluding hydrogens is 352 g/mol. The molecule has 0 radical (unpaired) electrons. The number of hydrogen-bond acceptors (Lipinski definition) is 5. The fourth-order valence-corrected chi connectivity index (χ4v) is 3.42. The van der Waals surface area contributed by atoms with Crippen LogP contribution in [-0.2, 0) is 34.3 Å². The molecule has 1 aliphatic rings. The summed E-state index contributed by atoms with van der Waals surface area (Å²) >= 11 is 0. The third-order valence-electron chi connectivity index (χ3n) is 4.24. The number of ether oxygens (including phenoxy) is 1. The molecule has 6 nitrogen and oxygen atoms in total. The monoisotopic (exact) mass is 374 g/mol. The van der Waals surface area contributed by atoms with Crippen molar-refractivity contribution < 1.29 is 17.9 Å². The minimum absolute atomic E-state index is 0.0867. The number of carbonyl (C=O) groups excluding carboxylic acids is 1. The molecule has 0 saturated heterocycles. The van der Waals surface area contributed by atoms with E-state index in [1.807, 2.05) is 6.07 Å². The van der Waals surface area contributed by atoms with E-state index in [2.05, 4.69) is 22.8 Å². The van der Waals surface area contributed by atoms with E-state index in [4.69, 9.17) is 4.74 Å². The molecule has 0 saturated carbocycles. The second kappa shape index (κ2) is 7.88. The van der Waals surface area contributed by atoms with Gasteiger partial charge in [0, 0.05) is 25.9 Å². The van der Waals surface area contributed by atoms with Crippen LogP contribution in [0.15, 0.2) is 47.4 Å². The van der Waals surface area contributed by atoms with Crippen LogP contribution in [0.4, 0.5) is 0 Å². The van der Waals surface area contributed by atoms with Gasteiger partial charge in [-0.25, -0.2) is 8.42 Å². The number of rotatable bonds is 7. The van der Waals surface area contributed by atoms with Crippen molar-refractivity contribution in [3.63, 3.8) is 0 Å². The van der Waals surface area contributed by atoms with Gasteiger partial charge < -0.3 is 15.4 Å². The summed E-state index contributed by atoms with van der Waals surface area (Å²) in [7, 11) is -3.21. The van der Waals surface area contributed by atoms with E-state index in [1.165, 1.54) is 23.3 Å². The van der Waals surface area contributed by atoms with Crippen molar-refractivity contribution in [3.8, 4) is 5.75 Å². The molecule has 2 aromatic rings. The molecular formula is C19H22N2O4S. The molecule has 7 heteroatoms. The van der Waals surface area contributed by atoms with E-state index in [1.54, 1.807) is 12.1 Å². The maximum absolute atomic E-state index is 11.9. The van der Waals surface area contributed by atoms with Crippen molar-refractivity contribution >= 4 is 15.7 Å². The lowest BCUT2D eigenvalue weighted by Crippen LogP contribution is -2.24. The highest BCUT2D eigenvalue weighted by atomic mass is 32.2. The minimum Gasteiger partial charge on any atom is -0.493 e. The van der Waals surface area contributed by atoms with Crippen molar-refractivity contribution in [2.75, 3.05) is 12.9 Å². The van der Waals surface area contributed by atoms with Crippen molar-refractivity contribution in [3.05, 3.63) is 59.2 Å². The zero-order chi connectivity index (χ0) is 18.6. The first-order chi connectivity index (χ1) is 12.4. The highest BCUT2D eigenvalue weighted by molar-refractivity contribution is 7.90. The molecule has 138 valence electrons. The van der Waals surface area contributed by atoms with Gasteiger partial charge in [-0.05, 0) is 41.0 Å². The highest BCUT2D eigenvalue weighted by Crippen LogP contribution is 2.17. The van der Waals surface area contributed by atoms with Crippen LogP contribution in [0.3, 0.4) is 0 Å². The normalized spacial score (nSPS) is 13.3. The Morgan fingerprint density at radius 1 is 1.12 bits per heavy atom. The summed E-state index contributed by atoms with van der Waals surface area (Å²) in [5, 5.41) is 6.18. The van der Waals surface area contributed by atoms with Crippen LogP contribution in [0.1, 0.15) is 23.1 Å². The fourth-order valence-electron chi connectivity index (χ4n) is 2.79. The van der Waals surface area contributed by atoms with E-state index < -0.39 is 9.84 Å². The average molecular weight is 374 g/mol. The molecule has 3 rings (SSSR count). The van der Waals surface area contributed by atoms with Crippen LogP contribution in [0.2, 0.25) is 0 Å². The first-order valence-corrected chi connectivity index (χ1v) is 10.3. The van der Waals surface area contributed by atoms with Gasteiger partial charge in [-0.15, -0.1) is 0 Å². The van der Waals surface area contributed by atoms with Crippen molar-refractivity contribution in [1.82, 2.24) is 10.6 Å². The van der Waals surface area contributed by atoms with Gasteiger partial charge in [-0.2, -0.15) is 0 Å². The Hall–Kier alpha value is -2.38. The van der Waals surface area contributed by atoms with Gasteiger partial charge in [-0.3, -0.25) is 4.79 Å².